The van der Waals surface area contributed by atoms with Crippen molar-refractivity contribution in [2.24, 2.45) is 0 Å². The van der Waals surface area contributed by atoms with E-state index in [1.54, 1.807) is 26.8 Å². The summed E-state index contributed by atoms with van der Waals surface area (Å²) < 4.78 is 32.7. The van der Waals surface area contributed by atoms with Gasteiger partial charge in [0.05, 0.1) is 6.61 Å². The number of amides is 1. The molecule has 0 aliphatic heterocycles. The van der Waals surface area contributed by atoms with Crippen LogP contribution in [0.25, 0.3) is 0 Å². The van der Waals surface area contributed by atoms with Crippen molar-refractivity contribution < 1.29 is 17.9 Å². The number of nitrogens with one attached hydrogen (secondary N) is 2. The number of rotatable bonds is 7. The third-order valence-electron chi connectivity index (χ3n) is 3.10. The zero-order valence-electron chi connectivity index (χ0n) is 13.0. The fraction of sp³-hybridized carbons (Fsp3) is 0.533. The van der Waals surface area contributed by atoms with Crippen molar-refractivity contribution in [2.45, 2.75) is 50.6 Å². The Hall–Kier alpha value is -1.60. The number of carbonyl (C=O) groups excluding carboxylic acids is 1. The maximum Gasteiger partial charge on any atom is 0.251 e. The van der Waals surface area contributed by atoms with Gasteiger partial charge in [-0.25, -0.2) is 13.1 Å². The van der Waals surface area contributed by atoms with Crippen LogP contribution in [-0.2, 0) is 10.0 Å². The van der Waals surface area contributed by atoms with E-state index < -0.39 is 10.0 Å². The van der Waals surface area contributed by atoms with Crippen LogP contribution in [0, 0.1) is 0 Å². The summed E-state index contributed by atoms with van der Waals surface area (Å²) in [6, 6.07) is 4.45. The van der Waals surface area contributed by atoms with Crippen molar-refractivity contribution >= 4 is 15.9 Å². The minimum atomic E-state index is -3.74. The SMILES string of the molecule is CCOc1ccc(C(=O)NC2CC2)cc1S(=O)(=O)NC(C)C. The van der Waals surface area contributed by atoms with Crippen molar-refractivity contribution in [1.82, 2.24) is 10.0 Å². The van der Waals surface area contributed by atoms with Gasteiger partial charge in [0.1, 0.15) is 10.6 Å². The third-order valence-corrected chi connectivity index (χ3v) is 4.78. The van der Waals surface area contributed by atoms with Crippen LogP contribution in [0.4, 0.5) is 0 Å². The molecule has 1 aromatic rings. The largest absolute Gasteiger partial charge is 0.492 e. The minimum Gasteiger partial charge on any atom is -0.492 e. The molecule has 1 aliphatic rings. The Morgan fingerprint density at radius 3 is 2.59 bits per heavy atom. The quantitative estimate of drug-likeness (QED) is 0.798. The first kappa shape index (κ1) is 16.8. The maximum absolute atomic E-state index is 12.4. The molecule has 0 atom stereocenters. The van der Waals surface area contributed by atoms with E-state index in [-0.39, 0.29) is 28.6 Å². The van der Waals surface area contributed by atoms with Crippen molar-refractivity contribution in [2.75, 3.05) is 6.61 Å². The van der Waals surface area contributed by atoms with E-state index in [4.69, 9.17) is 4.74 Å². The topological polar surface area (TPSA) is 84.5 Å². The van der Waals surface area contributed by atoms with Gasteiger partial charge in [-0.2, -0.15) is 0 Å². The molecule has 0 aromatic heterocycles. The number of carbonyl (C=O) groups is 1. The highest BCUT2D eigenvalue weighted by atomic mass is 32.2. The number of ether oxygens (including phenoxy) is 1. The molecule has 2 rings (SSSR count). The fourth-order valence-corrected chi connectivity index (χ4v) is 3.43. The van der Waals surface area contributed by atoms with Crippen LogP contribution in [0.2, 0.25) is 0 Å². The number of hydrogen-bond donors (Lipinski definition) is 2. The Labute approximate surface area is 131 Å². The molecule has 22 heavy (non-hydrogen) atoms. The molecule has 0 saturated heterocycles. The summed E-state index contributed by atoms with van der Waals surface area (Å²) in [5.41, 5.74) is 0.319. The molecule has 1 amide bonds. The Morgan fingerprint density at radius 2 is 2.05 bits per heavy atom. The van der Waals surface area contributed by atoms with Crippen molar-refractivity contribution in [1.29, 1.82) is 0 Å². The first-order chi connectivity index (χ1) is 10.3. The molecule has 6 nitrogen and oxygen atoms in total. The van der Waals surface area contributed by atoms with Gasteiger partial charge >= 0.3 is 0 Å². The molecular weight excluding hydrogens is 304 g/mol. The molecule has 0 spiro atoms. The molecule has 2 N–H and O–H groups in total. The summed E-state index contributed by atoms with van der Waals surface area (Å²) in [5.74, 6) is -0.00910. The van der Waals surface area contributed by atoms with Crippen molar-refractivity contribution in [3.8, 4) is 5.75 Å². The fourth-order valence-electron chi connectivity index (χ4n) is 2.00. The van der Waals surface area contributed by atoms with Crippen LogP contribution in [0.15, 0.2) is 23.1 Å². The highest BCUT2D eigenvalue weighted by Gasteiger charge is 2.26. The van der Waals surface area contributed by atoms with E-state index in [0.29, 0.717) is 12.2 Å². The molecule has 7 heteroatoms. The van der Waals surface area contributed by atoms with E-state index in [1.165, 1.54) is 12.1 Å². The summed E-state index contributed by atoms with van der Waals surface area (Å²) in [5, 5.41) is 2.85. The van der Waals surface area contributed by atoms with Crippen LogP contribution in [-0.4, -0.2) is 33.0 Å². The van der Waals surface area contributed by atoms with Crippen LogP contribution in [0.1, 0.15) is 44.0 Å². The van der Waals surface area contributed by atoms with E-state index in [0.717, 1.165) is 12.8 Å². The molecule has 0 radical (unpaired) electrons. The first-order valence-electron chi connectivity index (χ1n) is 7.43. The average Bonchev–Trinajstić information content (AvgIpc) is 3.21. The van der Waals surface area contributed by atoms with Gasteiger partial charge in [0.15, 0.2) is 0 Å². The number of sulfonamides is 1. The highest BCUT2D eigenvalue weighted by Crippen LogP contribution is 2.26. The molecule has 0 heterocycles. The van der Waals surface area contributed by atoms with Crippen LogP contribution in [0.3, 0.4) is 0 Å². The van der Waals surface area contributed by atoms with Crippen molar-refractivity contribution in [3.63, 3.8) is 0 Å². The number of hydrogen-bond acceptors (Lipinski definition) is 4. The zero-order valence-corrected chi connectivity index (χ0v) is 13.9. The second-order valence-corrected chi connectivity index (χ2v) is 7.30. The van der Waals surface area contributed by atoms with Crippen molar-refractivity contribution in [3.05, 3.63) is 23.8 Å². The second-order valence-electron chi connectivity index (χ2n) is 5.62. The summed E-state index contributed by atoms with van der Waals surface area (Å²) in [6.07, 6.45) is 1.95. The monoisotopic (exact) mass is 326 g/mol. The van der Waals surface area contributed by atoms with E-state index in [9.17, 15) is 13.2 Å². The molecule has 0 unspecified atom stereocenters. The van der Waals surface area contributed by atoms with Gasteiger partial charge in [-0.05, 0) is 51.8 Å². The van der Waals surface area contributed by atoms with Gasteiger partial charge in [-0.15, -0.1) is 0 Å². The standard InChI is InChI=1S/C15H22N2O4S/c1-4-21-13-8-5-11(15(18)16-12-6-7-12)9-14(13)22(19,20)17-10(2)3/h5,8-10,12,17H,4,6-7H2,1-3H3,(H,16,18). The van der Waals surface area contributed by atoms with Gasteiger partial charge in [0.25, 0.3) is 5.91 Å². The molecular formula is C15H22N2O4S. The summed E-state index contributed by atoms with van der Waals surface area (Å²) in [6.45, 7) is 5.60. The lowest BCUT2D eigenvalue weighted by atomic mass is 10.2. The van der Waals surface area contributed by atoms with Gasteiger partial charge in [-0.1, -0.05) is 0 Å². The van der Waals surface area contributed by atoms with E-state index in [1.807, 2.05) is 0 Å². The molecule has 1 aliphatic carbocycles. The highest BCUT2D eigenvalue weighted by molar-refractivity contribution is 7.89. The molecule has 122 valence electrons. The molecule has 1 saturated carbocycles. The normalized spacial score (nSPS) is 14.9. The summed E-state index contributed by atoms with van der Waals surface area (Å²) in [4.78, 5) is 12.1. The molecule has 1 fully saturated rings. The maximum atomic E-state index is 12.4. The Morgan fingerprint density at radius 1 is 1.36 bits per heavy atom. The zero-order chi connectivity index (χ0) is 16.3. The van der Waals surface area contributed by atoms with E-state index in [2.05, 4.69) is 10.0 Å². The van der Waals surface area contributed by atoms with Crippen LogP contribution in [0.5, 0.6) is 5.75 Å². The predicted molar refractivity (Wildman–Crippen MR) is 83.6 cm³/mol. The Kier molecular flexibility index (Phi) is 5.08. The predicted octanol–water partition coefficient (Wildman–Crippen LogP) is 1.66. The van der Waals surface area contributed by atoms with Gasteiger partial charge < -0.3 is 10.1 Å². The lowest BCUT2D eigenvalue weighted by Gasteiger charge is -2.15. The third kappa shape index (κ3) is 4.20. The lowest BCUT2D eigenvalue weighted by molar-refractivity contribution is 0.0951. The van der Waals surface area contributed by atoms with Gasteiger partial charge in [0, 0.05) is 17.6 Å². The Bertz CT molecular complexity index is 652. The average molecular weight is 326 g/mol. The summed E-state index contributed by atoms with van der Waals surface area (Å²) >= 11 is 0. The van der Waals surface area contributed by atoms with Gasteiger partial charge in [-0.3, -0.25) is 4.79 Å². The van der Waals surface area contributed by atoms with Gasteiger partial charge in [0.2, 0.25) is 10.0 Å². The Balaban J connectivity index is 2.36. The second kappa shape index (κ2) is 6.66. The summed E-state index contributed by atoms with van der Waals surface area (Å²) in [7, 11) is -3.74. The van der Waals surface area contributed by atoms with E-state index >= 15 is 0 Å². The smallest absolute Gasteiger partial charge is 0.251 e. The number of benzene rings is 1. The first-order valence-corrected chi connectivity index (χ1v) is 8.92. The lowest BCUT2D eigenvalue weighted by Crippen LogP contribution is -2.31. The molecule has 0 bridgehead atoms. The molecule has 1 aromatic carbocycles. The van der Waals surface area contributed by atoms with Crippen LogP contribution >= 0.6 is 0 Å². The van der Waals surface area contributed by atoms with Crippen LogP contribution < -0.4 is 14.8 Å². The minimum absolute atomic E-state index is 0.00787.